The number of hydrogen-bond donors (Lipinski definition) is 2. The quantitative estimate of drug-likeness (QED) is 0.637. The third kappa shape index (κ3) is 1.86. The van der Waals surface area contributed by atoms with Crippen LogP contribution < -0.4 is 0 Å². The fourth-order valence-electron chi connectivity index (χ4n) is 4.58. The molecule has 3 aliphatic rings. The highest BCUT2D eigenvalue weighted by Gasteiger charge is 2.59. The Kier molecular flexibility index (Phi) is 3.65. The average molecular weight is 238 g/mol. The summed E-state index contributed by atoms with van der Waals surface area (Å²) in [7, 11) is 0. The third-order valence-corrected chi connectivity index (χ3v) is 5.32. The number of hydrogen-bond acceptors (Lipinski definition) is 2. The van der Waals surface area contributed by atoms with Crippen LogP contribution in [0.25, 0.3) is 0 Å². The minimum absolute atomic E-state index is 0.0522. The Hall–Kier alpha value is -0.340. The summed E-state index contributed by atoms with van der Waals surface area (Å²) in [5, 5.41) is 17.8. The zero-order valence-corrected chi connectivity index (χ0v) is 11.3. The molecule has 3 rings (SSSR count). The van der Waals surface area contributed by atoms with E-state index in [9.17, 15) is 5.11 Å². The summed E-state index contributed by atoms with van der Waals surface area (Å²) >= 11 is 0. The van der Waals surface area contributed by atoms with E-state index in [2.05, 4.69) is 26.0 Å². The first-order valence-corrected chi connectivity index (χ1v) is 7.02. The van der Waals surface area contributed by atoms with Crippen molar-refractivity contribution in [1.29, 1.82) is 0 Å². The SMILES string of the molecule is CC1CCC(O)C2(C)C3C=CC(C3)C12.CCO. The van der Waals surface area contributed by atoms with Crippen LogP contribution in [0.4, 0.5) is 0 Å². The Bertz CT molecular complexity index is 299. The summed E-state index contributed by atoms with van der Waals surface area (Å²) in [6.45, 7) is 6.63. The summed E-state index contributed by atoms with van der Waals surface area (Å²) in [5.74, 6) is 3.00. The van der Waals surface area contributed by atoms with Crippen LogP contribution in [0.15, 0.2) is 12.2 Å². The Labute approximate surface area is 105 Å². The van der Waals surface area contributed by atoms with Crippen molar-refractivity contribution in [2.45, 2.75) is 46.1 Å². The van der Waals surface area contributed by atoms with Gasteiger partial charge in [0.05, 0.1) is 6.10 Å². The van der Waals surface area contributed by atoms with E-state index >= 15 is 0 Å². The summed E-state index contributed by atoms with van der Waals surface area (Å²) in [5.41, 5.74) is 0.205. The molecule has 3 aliphatic carbocycles. The van der Waals surface area contributed by atoms with Crippen molar-refractivity contribution in [3.63, 3.8) is 0 Å². The molecule has 2 heteroatoms. The molecule has 6 atom stereocenters. The normalized spacial score (nSPS) is 50.8. The van der Waals surface area contributed by atoms with Gasteiger partial charge in [-0.25, -0.2) is 0 Å². The molecule has 0 heterocycles. The van der Waals surface area contributed by atoms with E-state index in [0.717, 1.165) is 24.2 Å². The monoisotopic (exact) mass is 238 g/mol. The summed E-state index contributed by atoms with van der Waals surface area (Å²) in [6, 6.07) is 0. The predicted molar refractivity (Wildman–Crippen MR) is 69.5 cm³/mol. The molecular weight excluding hydrogens is 212 g/mol. The summed E-state index contributed by atoms with van der Waals surface area (Å²) < 4.78 is 0. The van der Waals surface area contributed by atoms with Crippen molar-refractivity contribution in [2.75, 3.05) is 6.61 Å². The highest BCUT2D eigenvalue weighted by Crippen LogP contribution is 2.63. The van der Waals surface area contributed by atoms with E-state index in [-0.39, 0.29) is 18.1 Å². The van der Waals surface area contributed by atoms with Gasteiger partial charge in [0.2, 0.25) is 0 Å². The van der Waals surface area contributed by atoms with Crippen LogP contribution in [-0.2, 0) is 0 Å². The second-order valence-electron chi connectivity index (χ2n) is 6.17. The first-order chi connectivity index (χ1) is 8.05. The van der Waals surface area contributed by atoms with Gasteiger partial charge in [0.15, 0.2) is 0 Å². The van der Waals surface area contributed by atoms with Crippen LogP contribution >= 0.6 is 0 Å². The molecule has 2 bridgehead atoms. The lowest BCUT2D eigenvalue weighted by Gasteiger charge is -2.49. The molecule has 2 N–H and O–H groups in total. The summed E-state index contributed by atoms with van der Waals surface area (Å²) in [4.78, 5) is 0. The lowest BCUT2D eigenvalue weighted by Crippen LogP contribution is -2.48. The third-order valence-electron chi connectivity index (χ3n) is 5.32. The number of aliphatic hydroxyl groups is 2. The average Bonchev–Trinajstić information content (AvgIpc) is 2.84. The Morgan fingerprint density at radius 3 is 2.53 bits per heavy atom. The number of aliphatic hydroxyl groups excluding tert-OH is 2. The lowest BCUT2D eigenvalue weighted by molar-refractivity contribution is -0.0725. The first-order valence-electron chi connectivity index (χ1n) is 7.02. The molecule has 0 spiro atoms. The smallest absolute Gasteiger partial charge is 0.0602 e. The predicted octanol–water partition coefficient (Wildman–Crippen LogP) is 2.60. The van der Waals surface area contributed by atoms with Crippen molar-refractivity contribution in [1.82, 2.24) is 0 Å². The summed E-state index contributed by atoms with van der Waals surface area (Å²) in [6.07, 6.45) is 8.27. The molecule has 17 heavy (non-hydrogen) atoms. The van der Waals surface area contributed by atoms with Gasteiger partial charge in [-0.05, 0) is 49.9 Å². The van der Waals surface area contributed by atoms with Gasteiger partial charge in [0, 0.05) is 12.0 Å². The fraction of sp³-hybridized carbons (Fsp3) is 0.867. The van der Waals surface area contributed by atoms with Crippen LogP contribution in [-0.4, -0.2) is 22.9 Å². The van der Waals surface area contributed by atoms with Gasteiger partial charge < -0.3 is 10.2 Å². The van der Waals surface area contributed by atoms with Crippen LogP contribution in [0, 0.1) is 29.1 Å². The largest absolute Gasteiger partial charge is 0.397 e. The topological polar surface area (TPSA) is 40.5 Å². The van der Waals surface area contributed by atoms with Crippen molar-refractivity contribution in [3.8, 4) is 0 Å². The number of fused-ring (bicyclic) bond motifs is 5. The number of allylic oxidation sites excluding steroid dienone is 2. The molecule has 0 radical (unpaired) electrons. The van der Waals surface area contributed by atoms with Crippen molar-refractivity contribution >= 4 is 0 Å². The van der Waals surface area contributed by atoms with Gasteiger partial charge in [-0.2, -0.15) is 0 Å². The molecular formula is C15H26O2. The van der Waals surface area contributed by atoms with Gasteiger partial charge in [-0.3, -0.25) is 0 Å². The van der Waals surface area contributed by atoms with E-state index in [1.54, 1.807) is 6.92 Å². The molecule has 0 amide bonds. The van der Waals surface area contributed by atoms with Gasteiger partial charge in [-0.1, -0.05) is 26.0 Å². The molecule has 2 nitrogen and oxygen atoms in total. The van der Waals surface area contributed by atoms with E-state index in [4.69, 9.17) is 5.11 Å². The molecule has 0 aromatic heterocycles. The van der Waals surface area contributed by atoms with E-state index < -0.39 is 0 Å². The van der Waals surface area contributed by atoms with Crippen LogP contribution in [0.1, 0.15) is 40.0 Å². The first kappa shape index (κ1) is 13.1. The van der Waals surface area contributed by atoms with Crippen LogP contribution in [0.5, 0.6) is 0 Å². The van der Waals surface area contributed by atoms with E-state index in [1.165, 1.54) is 12.8 Å². The van der Waals surface area contributed by atoms with Crippen LogP contribution in [0.2, 0.25) is 0 Å². The molecule has 0 aromatic carbocycles. The van der Waals surface area contributed by atoms with E-state index in [1.807, 2.05) is 0 Å². The standard InChI is InChI=1S/C13H20O.C2H6O/c1-8-3-6-11(14)13(2)10-5-4-9(7-10)12(8)13;1-2-3/h4-5,8-12,14H,3,6-7H2,1-2H3;3H,2H2,1H3. The van der Waals surface area contributed by atoms with Crippen molar-refractivity contribution < 1.29 is 10.2 Å². The maximum absolute atomic E-state index is 10.2. The van der Waals surface area contributed by atoms with Gasteiger partial charge in [-0.15, -0.1) is 0 Å². The number of rotatable bonds is 0. The molecule has 2 saturated carbocycles. The minimum Gasteiger partial charge on any atom is -0.397 e. The molecule has 0 saturated heterocycles. The molecule has 0 aromatic rings. The van der Waals surface area contributed by atoms with Crippen molar-refractivity contribution in [3.05, 3.63) is 12.2 Å². The molecule has 2 fully saturated rings. The second kappa shape index (κ2) is 4.74. The van der Waals surface area contributed by atoms with Crippen molar-refractivity contribution in [2.24, 2.45) is 29.1 Å². The Morgan fingerprint density at radius 2 is 1.94 bits per heavy atom. The van der Waals surface area contributed by atoms with Gasteiger partial charge in [0.1, 0.15) is 0 Å². The second-order valence-corrected chi connectivity index (χ2v) is 6.17. The Morgan fingerprint density at radius 1 is 1.29 bits per heavy atom. The molecule has 6 unspecified atom stereocenters. The molecule has 98 valence electrons. The van der Waals surface area contributed by atoms with Gasteiger partial charge >= 0.3 is 0 Å². The minimum atomic E-state index is -0.0522. The highest BCUT2D eigenvalue weighted by atomic mass is 16.3. The maximum Gasteiger partial charge on any atom is 0.0602 e. The lowest BCUT2D eigenvalue weighted by atomic mass is 9.57. The fourth-order valence-corrected chi connectivity index (χ4v) is 4.58. The highest BCUT2D eigenvalue weighted by molar-refractivity contribution is 5.21. The van der Waals surface area contributed by atoms with E-state index in [0.29, 0.717) is 5.92 Å². The molecule has 0 aliphatic heterocycles. The Balaban J connectivity index is 0.000000329. The maximum atomic E-state index is 10.2. The zero-order valence-electron chi connectivity index (χ0n) is 11.3. The van der Waals surface area contributed by atoms with Gasteiger partial charge in [0.25, 0.3) is 0 Å². The van der Waals surface area contributed by atoms with Crippen LogP contribution in [0.3, 0.4) is 0 Å². The zero-order chi connectivity index (χ0) is 12.6.